The van der Waals surface area contributed by atoms with Crippen molar-refractivity contribution in [3.8, 4) is 0 Å². The number of rotatable bonds is 2. The molecule has 3 heteroatoms. The Hall–Kier alpha value is -3.56. The zero-order valence-electron chi connectivity index (χ0n) is 15.7. The van der Waals surface area contributed by atoms with Crippen LogP contribution in [0.3, 0.4) is 0 Å². The molecule has 0 fully saturated rings. The third kappa shape index (κ3) is 2.48. The summed E-state index contributed by atoms with van der Waals surface area (Å²) in [6.07, 6.45) is 0. The van der Waals surface area contributed by atoms with Crippen molar-refractivity contribution in [3.63, 3.8) is 0 Å². The standard InChI is InChI=1S/C26H18N2S/c1-3-11-19(12-4-1)27-22-16-8-9-17-23(22)28(20-13-5-2-6-14-20)26-25(27)21-15-7-10-18-24(21)29-26/h1-18H. The summed E-state index contributed by atoms with van der Waals surface area (Å²) >= 11 is 1.85. The third-order valence-corrected chi connectivity index (χ3v) is 6.52. The van der Waals surface area contributed by atoms with Gasteiger partial charge in [0.05, 0.1) is 17.1 Å². The number of thiophene rings is 1. The van der Waals surface area contributed by atoms with Crippen molar-refractivity contribution in [1.29, 1.82) is 0 Å². The fourth-order valence-corrected chi connectivity index (χ4v) is 5.36. The molecule has 1 aliphatic heterocycles. The molecule has 0 spiro atoms. The van der Waals surface area contributed by atoms with Crippen molar-refractivity contribution >= 4 is 54.9 Å². The van der Waals surface area contributed by atoms with Gasteiger partial charge in [-0.1, -0.05) is 66.7 Å². The summed E-state index contributed by atoms with van der Waals surface area (Å²) in [6.45, 7) is 0. The second kappa shape index (κ2) is 6.50. The van der Waals surface area contributed by atoms with Crippen molar-refractivity contribution in [3.05, 3.63) is 109 Å². The van der Waals surface area contributed by atoms with E-state index in [1.165, 1.54) is 43.5 Å². The summed E-state index contributed by atoms with van der Waals surface area (Å²) in [7, 11) is 0. The molecular weight excluding hydrogens is 372 g/mol. The van der Waals surface area contributed by atoms with Gasteiger partial charge < -0.3 is 4.90 Å². The molecule has 29 heavy (non-hydrogen) atoms. The smallest absolute Gasteiger partial charge is 0.126 e. The van der Waals surface area contributed by atoms with E-state index in [-0.39, 0.29) is 0 Å². The molecule has 1 aromatic heterocycles. The maximum atomic E-state index is 2.41. The highest BCUT2D eigenvalue weighted by atomic mass is 32.1. The molecule has 0 atom stereocenters. The van der Waals surface area contributed by atoms with Gasteiger partial charge in [0, 0.05) is 21.5 Å². The van der Waals surface area contributed by atoms with Crippen LogP contribution >= 0.6 is 11.3 Å². The molecule has 138 valence electrons. The molecule has 0 radical (unpaired) electrons. The number of hydrogen-bond acceptors (Lipinski definition) is 3. The first-order valence-electron chi connectivity index (χ1n) is 9.73. The van der Waals surface area contributed by atoms with Crippen LogP contribution in [0.1, 0.15) is 0 Å². The first kappa shape index (κ1) is 16.4. The van der Waals surface area contributed by atoms with E-state index in [0.717, 1.165) is 0 Å². The predicted molar refractivity (Wildman–Crippen MR) is 125 cm³/mol. The van der Waals surface area contributed by atoms with Gasteiger partial charge in [0.1, 0.15) is 5.00 Å². The maximum absolute atomic E-state index is 2.41. The molecule has 0 saturated heterocycles. The normalized spacial score (nSPS) is 12.7. The van der Waals surface area contributed by atoms with Gasteiger partial charge in [0.15, 0.2) is 0 Å². The van der Waals surface area contributed by atoms with Crippen LogP contribution in [0.2, 0.25) is 0 Å². The number of nitrogens with zero attached hydrogens (tertiary/aromatic N) is 2. The Balaban J connectivity index is 1.73. The Morgan fingerprint density at radius 1 is 0.483 bits per heavy atom. The first-order chi connectivity index (χ1) is 14.4. The van der Waals surface area contributed by atoms with Crippen LogP contribution in [0.25, 0.3) is 10.1 Å². The number of anilines is 6. The maximum Gasteiger partial charge on any atom is 0.126 e. The Bertz CT molecular complexity index is 1310. The summed E-state index contributed by atoms with van der Waals surface area (Å²) < 4.78 is 1.30. The van der Waals surface area contributed by atoms with E-state index in [2.05, 4.69) is 119 Å². The minimum atomic E-state index is 1.18. The Morgan fingerprint density at radius 2 is 1.00 bits per heavy atom. The predicted octanol–water partition coefficient (Wildman–Crippen LogP) is 8.15. The van der Waals surface area contributed by atoms with Gasteiger partial charge in [-0.2, -0.15) is 0 Å². The molecular formula is C26H18N2S. The molecule has 0 unspecified atom stereocenters. The van der Waals surface area contributed by atoms with Crippen molar-refractivity contribution in [2.24, 2.45) is 0 Å². The fraction of sp³-hybridized carbons (Fsp3) is 0. The minimum absolute atomic E-state index is 1.18. The number of benzene rings is 4. The van der Waals surface area contributed by atoms with Crippen molar-refractivity contribution in [2.45, 2.75) is 0 Å². The van der Waals surface area contributed by atoms with Gasteiger partial charge in [-0.05, 0) is 42.5 Å². The summed E-state index contributed by atoms with van der Waals surface area (Å²) in [6, 6.07) is 38.7. The molecule has 0 amide bonds. The van der Waals surface area contributed by atoms with E-state index in [0.29, 0.717) is 0 Å². The molecule has 0 N–H and O–H groups in total. The van der Waals surface area contributed by atoms with Gasteiger partial charge in [0.25, 0.3) is 0 Å². The monoisotopic (exact) mass is 390 g/mol. The molecule has 5 aromatic rings. The summed E-state index contributed by atoms with van der Waals surface area (Å²) in [5.74, 6) is 0. The second-order valence-electron chi connectivity index (χ2n) is 7.08. The first-order valence-corrected chi connectivity index (χ1v) is 10.5. The van der Waals surface area contributed by atoms with Crippen LogP contribution in [0, 0.1) is 0 Å². The Kier molecular flexibility index (Phi) is 3.68. The number of para-hydroxylation sites is 4. The lowest BCUT2D eigenvalue weighted by Crippen LogP contribution is -2.22. The lowest BCUT2D eigenvalue weighted by Gasteiger charge is -2.38. The number of hydrogen-bond donors (Lipinski definition) is 0. The zero-order chi connectivity index (χ0) is 19.2. The van der Waals surface area contributed by atoms with E-state index in [1.54, 1.807) is 0 Å². The highest BCUT2D eigenvalue weighted by Crippen LogP contribution is 2.59. The van der Waals surface area contributed by atoms with E-state index >= 15 is 0 Å². The van der Waals surface area contributed by atoms with E-state index in [9.17, 15) is 0 Å². The summed E-state index contributed by atoms with van der Waals surface area (Å²) in [5.41, 5.74) is 6.00. The van der Waals surface area contributed by atoms with Crippen molar-refractivity contribution in [2.75, 3.05) is 9.80 Å². The molecule has 4 aromatic carbocycles. The zero-order valence-corrected chi connectivity index (χ0v) is 16.5. The van der Waals surface area contributed by atoms with Crippen LogP contribution < -0.4 is 9.80 Å². The van der Waals surface area contributed by atoms with Gasteiger partial charge in [-0.25, -0.2) is 0 Å². The topological polar surface area (TPSA) is 6.48 Å². The average molecular weight is 391 g/mol. The Morgan fingerprint density at radius 3 is 1.69 bits per heavy atom. The molecule has 2 heterocycles. The van der Waals surface area contributed by atoms with E-state index in [1.807, 2.05) is 11.3 Å². The van der Waals surface area contributed by atoms with Crippen molar-refractivity contribution < 1.29 is 0 Å². The van der Waals surface area contributed by atoms with E-state index < -0.39 is 0 Å². The van der Waals surface area contributed by atoms with Gasteiger partial charge >= 0.3 is 0 Å². The molecule has 0 saturated carbocycles. The largest absolute Gasteiger partial charge is 0.305 e. The highest BCUT2D eigenvalue weighted by Gasteiger charge is 2.33. The molecule has 6 rings (SSSR count). The van der Waals surface area contributed by atoms with Gasteiger partial charge in [-0.3, -0.25) is 4.90 Å². The van der Waals surface area contributed by atoms with Crippen LogP contribution in [-0.4, -0.2) is 0 Å². The Labute approximate surface area is 173 Å². The van der Waals surface area contributed by atoms with Crippen LogP contribution in [0.15, 0.2) is 109 Å². The lowest BCUT2D eigenvalue weighted by atomic mass is 10.1. The molecule has 0 aliphatic carbocycles. The lowest BCUT2D eigenvalue weighted by molar-refractivity contribution is 1.20. The van der Waals surface area contributed by atoms with Gasteiger partial charge in [-0.15, -0.1) is 11.3 Å². The molecule has 2 nitrogen and oxygen atoms in total. The molecule has 0 bridgehead atoms. The highest BCUT2D eigenvalue weighted by molar-refractivity contribution is 7.24. The van der Waals surface area contributed by atoms with Crippen LogP contribution in [0.4, 0.5) is 33.4 Å². The van der Waals surface area contributed by atoms with Crippen molar-refractivity contribution in [1.82, 2.24) is 0 Å². The fourth-order valence-electron chi connectivity index (χ4n) is 4.14. The summed E-state index contributed by atoms with van der Waals surface area (Å²) in [5, 5.41) is 2.53. The van der Waals surface area contributed by atoms with Crippen LogP contribution in [0.5, 0.6) is 0 Å². The average Bonchev–Trinajstić information content (AvgIpc) is 3.17. The quantitative estimate of drug-likeness (QED) is 0.294. The summed E-state index contributed by atoms with van der Waals surface area (Å²) in [4.78, 5) is 4.80. The SMILES string of the molecule is c1ccc(N2c3ccccc3N(c3ccccc3)c3c2sc2ccccc32)cc1. The van der Waals surface area contributed by atoms with Gasteiger partial charge in [0.2, 0.25) is 0 Å². The second-order valence-corrected chi connectivity index (χ2v) is 8.11. The third-order valence-electron chi connectivity index (χ3n) is 5.37. The van der Waals surface area contributed by atoms with E-state index in [4.69, 9.17) is 0 Å². The van der Waals surface area contributed by atoms with Crippen LogP contribution in [-0.2, 0) is 0 Å². The molecule has 1 aliphatic rings. The number of fused-ring (bicyclic) bond motifs is 4. The minimum Gasteiger partial charge on any atom is -0.305 e.